The molecular formula is C31H30N2O4S. The predicted molar refractivity (Wildman–Crippen MR) is 152 cm³/mol. The SMILES string of the molecule is Cc1ccc(COc2ccc(/C=C3\SC(=Nc4cccc(C(=O)O)c4)N(C4CCCCC4)C3=O)cc2)cc1. The highest BCUT2D eigenvalue weighted by Gasteiger charge is 2.38. The van der Waals surface area contributed by atoms with Crippen molar-refractivity contribution in [1.82, 2.24) is 4.90 Å². The van der Waals surface area contributed by atoms with Crippen molar-refractivity contribution in [2.24, 2.45) is 4.99 Å². The molecule has 1 aliphatic heterocycles. The molecule has 1 amide bonds. The van der Waals surface area contributed by atoms with Gasteiger partial charge in [0, 0.05) is 6.04 Å². The Morgan fingerprint density at radius 2 is 1.79 bits per heavy atom. The number of aryl methyl sites for hydroxylation is 1. The lowest BCUT2D eigenvalue weighted by atomic mass is 9.94. The number of amidine groups is 1. The van der Waals surface area contributed by atoms with Crippen LogP contribution in [-0.2, 0) is 11.4 Å². The molecule has 0 bridgehead atoms. The Labute approximate surface area is 227 Å². The minimum Gasteiger partial charge on any atom is -0.489 e. The molecule has 0 spiro atoms. The second-order valence-corrected chi connectivity index (χ2v) is 10.7. The van der Waals surface area contributed by atoms with Gasteiger partial charge in [-0.15, -0.1) is 0 Å². The van der Waals surface area contributed by atoms with Crippen LogP contribution in [0.2, 0.25) is 0 Å². The van der Waals surface area contributed by atoms with Crippen LogP contribution in [0.1, 0.15) is 59.2 Å². The van der Waals surface area contributed by atoms with E-state index < -0.39 is 5.97 Å². The summed E-state index contributed by atoms with van der Waals surface area (Å²) >= 11 is 1.35. The topological polar surface area (TPSA) is 79.2 Å². The van der Waals surface area contributed by atoms with Gasteiger partial charge in [0.15, 0.2) is 5.17 Å². The zero-order valence-corrected chi connectivity index (χ0v) is 22.1. The third-order valence-electron chi connectivity index (χ3n) is 6.80. The molecule has 3 aromatic rings. The van der Waals surface area contributed by atoms with Crippen LogP contribution in [0.15, 0.2) is 82.7 Å². The van der Waals surface area contributed by atoms with Crippen molar-refractivity contribution in [3.63, 3.8) is 0 Å². The van der Waals surface area contributed by atoms with E-state index >= 15 is 0 Å². The molecule has 2 aliphatic rings. The minimum absolute atomic E-state index is 0.0465. The number of nitrogens with zero attached hydrogens (tertiary/aromatic N) is 2. The number of rotatable bonds is 7. The molecule has 38 heavy (non-hydrogen) atoms. The number of carbonyl (C=O) groups is 2. The highest BCUT2D eigenvalue weighted by molar-refractivity contribution is 8.18. The maximum atomic E-state index is 13.6. The first-order valence-electron chi connectivity index (χ1n) is 12.9. The molecule has 1 saturated carbocycles. The van der Waals surface area contributed by atoms with Crippen LogP contribution in [0.25, 0.3) is 6.08 Å². The van der Waals surface area contributed by atoms with Crippen LogP contribution in [0.5, 0.6) is 5.75 Å². The van der Waals surface area contributed by atoms with Crippen LogP contribution >= 0.6 is 11.8 Å². The van der Waals surface area contributed by atoms with Gasteiger partial charge in [0.2, 0.25) is 0 Å². The summed E-state index contributed by atoms with van der Waals surface area (Å²) in [5, 5.41) is 9.96. The third-order valence-corrected chi connectivity index (χ3v) is 7.78. The van der Waals surface area contributed by atoms with Crippen molar-refractivity contribution in [3.8, 4) is 5.75 Å². The highest BCUT2D eigenvalue weighted by atomic mass is 32.2. The molecule has 2 fully saturated rings. The number of carboxylic acids is 1. The molecule has 194 valence electrons. The Morgan fingerprint density at radius 1 is 1.05 bits per heavy atom. The van der Waals surface area contributed by atoms with E-state index in [1.54, 1.807) is 12.1 Å². The van der Waals surface area contributed by atoms with Gasteiger partial charge in [-0.3, -0.25) is 9.69 Å². The molecule has 5 rings (SSSR count). The van der Waals surface area contributed by atoms with Gasteiger partial charge in [-0.2, -0.15) is 0 Å². The fourth-order valence-electron chi connectivity index (χ4n) is 4.71. The molecule has 1 N–H and O–H groups in total. The molecule has 3 aromatic carbocycles. The van der Waals surface area contributed by atoms with Gasteiger partial charge in [-0.25, -0.2) is 9.79 Å². The maximum Gasteiger partial charge on any atom is 0.335 e. The van der Waals surface area contributed by atoms with Crippen LogP contribution < -0.4 is 4.74 Å². The zero-order chi connectivity index (χ0) is 26.5. The quantitative estimate of drug-likeness (QED) is 0.329. The summed E-state index contributed by atoms with van der Waals surface area (Å²) in [7, 11) is 0. The molecule has 1 heterocycles. The van der Waals surface area contributed by atoms with E-state index in [9.17, 15) is 14.7 Å². The van der Waals surface area contributed by atoms with Crippen molar-refractivity contribution in [1.29, 1.82) is 0 Å². The van der Waals surface area contributed by atoms with Crippen LogP contribution in [0.3, 0.4) is 0 Å². The van der Waals surface area contributed by atoms with Crippen LogP contribution in [-0.4, -0.2) is 33.1 Å². The Balaban J connectivity index is 1.36. The number of thioether (sulfide) groups is 1. The van der Waals surface area contributed by atoms with Gasteiger partial charge < -0.3 is 9.84 Å². The molecule has 0 radical (unpaired) electrons. The number of aliphatic imine (C=N–C) groups is 1. The summed E-state index contributed by atoms with van der Waals surface area (Å²) in [6.45, 7) is 2.56. The Bertz CT molecular complexity index is 1370. The van der Waals surface area contributed by atoms with E-state index in [0.717, 1.165) is 42.6 Å². The van der Waals surface area contributed by atoms with E-state index in [-0.39, 0.29) is 17.5 Å². The molecule has 0 atom stereocenters. The van der Waals surface area contributed by atoms with E-state index in [0.29, 0.717) is 22.4 Å². The van der Waals surface area contributed by atoms with Crippen molar-refractivity contribution in [2.75, 3.05) is 0 Å². The van der Waals surface area contributed by atoms with Gasteiger partial charge >= 0.3 is 5.97 Å². The van der Waals surface area contributed by atoms with E-state index in [1.165, 1.54) is 35.9 Å². The molecule has 0 unspecified atom stereocenters. The van der Waals surface area contributed by atoms with Crippen molar-refractivity contribution >= 4 is 40.6 Å². The third kappa shape index (κ3) is 6.17. The second kappa shape index (κ2) is 11.7. The van der Waals surface area contributed by atoms with E-state index in [1.807, 2.05) is 35.2 Å². The Kier molecular flexibility index (Phi) is 7.94. The normalized spacial score (nSPS) is 18.3. The fourth-order valence-corrected chi connectivity index (χ4v) is 5.77. The maximum absolute atomic E-state index is 13.6. The molecule has 1 saturated heterocycles. The average molecular weight is 527 g/mol. The molecule has 1 aliphatic carbocycles. The largest absolute Gasteiger partial charge is 0.489 e. The summed E-state index contributed by atoms with van der Waals surface area (Å²) in [6.07, 6.45) is 7.14. The number of ether oxygens (including phenoxy) is 1. The van der Waals surface area contributed by atoms with Gasteiger partial charge in [0.1, 0.15) is 12.4 Å². The van der Waals surface area contributed by atoms with Gasteiger partial charge in [0.25, 0.3) is 5.91 Å². The summed E-state index contributed by atoms with van der Waals surface area (Å²) in [5.74, 6) is -0.282. The highest BCUT2D eigenvalue weighted by Crippen LogP contribution is 2.38. The van der Waals surface area contributed by atoms with Crippen LogP contribution in [0, 0.1) is 6.92 Å². The van der Waals surface area contributed by atoms with Crippen molar-refractivity contribution < 1.29 is 19.4 Å². The summed E-state index contributed by atoms with van der Waals surface area (Å²) < 4.78 is 5.92. The standard InChI is InChI=1S/C31H30N2O4S/c1-21-10-12-23(13-11-21)20-37-27-16-14-22(15-17-27)18-28-29(34)33(26-8-3-2-4-9-26)31(38-28)32-25-7-5-6-24(19-25)30(35)36/h5-7,10-19,26H,2-4,8-9,20H2,1H3,(H,35,36)/b28-18-,32-31?. The van der Waals surface area contributed by atoms with E-state index in [2.05, 4.69) is 31.2 Å². The first kappa shape index (κ1) is 25.8. The first-order chi connectivity index (χ1) is 18.5. The van der Waals surface area contributed by atoms with Crippen molar-refractivity contribution in [3.05, 3.63) is 100.0 Å². The summed E-state index contributed by atoms with van der Waals surface area (Å²) in [4.78, 5) is 32.2. The lowest BCUT2D eigenvalue weighted by Crippen LogP contribution is -2.40. The number of hydrogen-bond acceptors (Lipinski definition) is 5. The smallest absolute Gasteiger partial charge is 0.335 e. The lowest BCUT2D eigenvalue weighted by molar-refractivity contribution is -0.124. The van der Waals surface area contributed by atoms with Gasteiger partial charge in [-0.1, -0.05) is 67.3 Å². The van der Waals surface area contributed by atoms with Crippen molar-refractivity contribution in [2.45, 2.75) is 51.7 Å². The zero-order valence-electron chi connectivity index (χ0n) is 21.3. The lowest BCUT2D eigenvalue weighted by Gasteiger charge is -2.30. The first-order valence-corrected chi connectivity index (χ1v) is 13.7. The Hall–Kier alpha value is -3.84. The number of aromatic carboxylic acids is 1. The monoisotopic (exact) mass is 526 g/mol. The van der Waals surface area contributed by atoms with Gasteiger partial charge in [-0.05, 0) is 79.1 Å². The van der Waals surface area contributed by atoms with Crippen LogP contribution in [0.4, 0.5) is 5.69 Å². The number of benzene rings is 3. The summed E-state index contributed by atoms with van der Waals surface area (Å²) in [5.41, 5.74) is 3.93. The van der Waals surface area contributed by atoms with Gasteiger partial charge in [0.05, 0.1) is 16.2 Å². The fraction of sp³-hybridized carbons (Fsp3) is 0.258. The molecule has 7 heteroatoms. The molecule has 6 nitrogen and oxygen atoms in total. The number of amides is 1. The average Bonchev–Trinajstić information content (AvgIpc) is 3.23. The Morgan fingerprint density at radius 3 is 2.50 bits per heavy atom. The summed E-state index contributed by atoms with van der Waals surface area (Å²) in [6, 6.07) is 22.6. The second-order valence-electron chi connectivity index (χ2n) is 9.67. The number of carbonyl (C=O) groups excluding carboxylic acids is 1. The van der Waals surface area contributed by atoms with E-state index in [4.69, 9.17) is 9.73 Å². The predicted octanol–water partition coefficient (Wildman–Crippen LogP) is 7.21. The molecule has 0 aromatic heterocycles. The molecular weight excluding hydrogens is 496 g/mol. The minimum atomic E-state index is -1.00. The number of carboxylic acid groups (broad SMARTS) is 1. The number of hydrogen-bond donors (Lipinski definition) is 1.